The molecular formula is C20H30N2O12P2S2. The Bertz CT molecular complexity index is 1400. The maximum atomic E-state index is 12.3. The summed E-state index contributed by atoms with van der Waals surface area (Å²) in [7, 11) is -10.8. The van der Waals surface area contributed by atoms with Crippen LogP contribution in [0.3, 0.4) is 0 Å². The van der Waals surface area contributed by atoms with Gasteiger partial charge in [0.25, 0.3) is 5.69 Å². The van der Waals surface area contributed by atoms with E-state index >= 15 is 0 Å². The number of sulfone groups is 2. The molecule has 0 spiro atoms. The summed E-state index contributed by atoms with van der Waals surface area (Å²) in [5.74, 6) is 0. The van der Waals surface area contributed by atoms with E-state index in [9.17, 15) is 36.1 Å². The standard InChI is InChI=1S/C10H14NO7PS.C10H16NO5PS/c1-8(19(14,17-2)18-3)20(15,16)10-6-4-9(5-7-10)11(12)13;1-8(17(12,15-2)16-3)18(13,14)10-6-4-9(11)5-7-10/h4-8H,1-3H3;4-8H,11H2,1-3H3. The summed E-state index contributed by atoms with van der Waals surface area (Å²) < 4.78 is 92.0. The van der Waals surface area contributed by atoms with Crippen LogP contribution in [0.25, 0.3) is 0 Å². The van der Waals surface area contributed by atoms with Crippen molar-refractivity contribution in [2.75, 3.05) is 34.2 Å². The lowest BCUT2D eigenvalue weighted by Gasteiger charge is -2.20. The van der Waals surface area contributed by atoms with Crippen LogP contribution in [0.4, 0.5) is 11.4 Å². The molecule has 0 aliphatic carbocycles. The van der Waals surface area contributed by atoms with Gasteiger partial charge in [0.1, 0.15) is 0 Å². The van der Waals surface area contributed by atoms with Gasteiger partial charge < -0.3 is 23.8 Å². The molecule has 0 radical (unpaired) electrons. The van der Waals surface area contributed by atoms with Crippen molar-refractivity contribution in [1.29, 1.82) is 0 Å². The average molecular weight is 617 g/mol. The Labute approximate surface area is 221 Å². The number of rotatable bonds is 11. The molecule has 0 fully saturated rings. The molecule has 2 atom stereocenters. The molecule has 38 heavy (non-hydrogen) atoms. The Kier molecular flexibility index (Phi) is 11.8. The molecule has 214 valence electrons. The van der Waals surface area contributed by atoms with E-state index in [4.69, 9.17) is 14.8 Å². The van der Waals surface area contributed by atoms with E-state index < -0.39 is 49.8 Å². The van der Waals surface area contributed by atoms with Crippen molar-refractivity contribution in [1.82, 2.24) is 0 Å². The Morgan fingerprint density at radius 1 is 0.711 bits per heavy atom. The maximum absolute atomic E-state index is 12.3. The molecule has 0 aromatic heterocycles. The number of hydrogen-bond acceptors (Lipinski definition) is 13. The fourth-order valence-electron chi connectivity index (χ4n) is 2.89. The van der Waals surface area contributed by atoms with Crippen molar-refractivity contribution in [3.8, 4) is 0 Å². The van der Waals surface area contributed by atoms with Crippen LogP contribution in [0, 0.1) is 10.1 Å². The van der Waals surface area contributed by atoms with Gasteiger partial charge in [0, 0.05) is 46.3 Å². The molecular weight excluding hydrogens is 586 g/mol. The minimum absolute atomic E-state index is 0.0264. The number of benzene rings is 2. The van der Waals surface area contributed by atoms with Gasteiger partial charge in [-0.2, -0.15) is 0 Å². The van der Waals surface area contributed by atoms with Crippen LogP contribution in [0.15, 0.2) is 58.3 Å². The molecule has 0 aliphatic rings. The maximum Gasteiger partial charge on any atom is 0.348 e. The largest absolute Gasteiger partial charge is 0.399 e. The molecule has 2 unspecified atom stereocenters. The molecule has 0 bridgehead atoms. The summed E-state index contributed by atoms with van der Waals surface area (Å²) in [6.07, 6.45) is 0. The monoisotopic (exact) mass is 616 g/mol. The summed E-state index contributed by atoms with van der Waals surface area (Å²) in [5, 5.41) is 10.5. The summed E-state index contributed by atoms with van der Waals surface area (Å²) in [5.41, 5.74) is 5.69. The number of nitrogens with two attached hydrogens (primary N) is 1. The van der Waals surface area contributed by atoms with E-state index in [1.807, 2.05) is 0 Å². The third-order valence-electron chi connectivity index (χ3n) is 5.39. The van der Waals surface area contributed by atoms with Crippen LogP contribution in [0.5, 0.6) is 0 Å². The Hall–Kier alpha value is -2.16. The Balaban J connectivity index is 0.000000382. The Morgan fingerprint density at radius 2 is 1.00 bits per heavy atom. The minimum Gasteiger partial charge on any atom is -0.399 e. The van der Waals surface area contributed by atoms with Crippen molar-refractivity contribution >= 4 is 46.2 Å². The van der Waals surface area contributed by atoms with E-state index in [0.717, 1.165) is 52.7 Å². The first kappa shape index (κ1) is 33.9. The normalized spacial score (nSPS) is 14.2. The molecule has 0 aliphatic heterocycles. The summed E-state index contributed by atoms with van der Waals surface area (Å²) in [6.45, 7) is 2.49. The number of hydrogen-bond donors (Lipinski definition) is 1. The van der Waals surface area contributed by atoms with E-state index in [1.54, 1.807) is 0 Å². The zero-order valence-electron chi connectivity index (χ0n) is 21.4. The van der Waals surface area contributed by atoms with Gasteiger partial charge >= 0.3 is 15.2 Å². The predicted octanol–water partition coefficient (Wildman–Crippen LogP) is 4.07. The van der Waals surface area contributed by atoms with Gasteiger partial charge in [0.05, 0.1) is 14.7 Å². The van der Waals surface area contributed by atoms with Crippen molar-refractivity contribution < 1.29 is 49.0 Å². The lowest BCUT2D eigenvalue weighted by atomic mass is 10.3. The summed E-state index contributed by atoms with van der Waals surface area (Å²) in [6, 6.07) is 9.93. The molecule has 0 amide bonds. The predicted molar refractivity (Wildman–Crippen MR) is 140 cm³/mol. The lowest BCUT2D eigenvalue weighted by Crippen LogP contribution is -2.20. The highest BCUT2D eigenvalue weighted by molar-refractivity contribution is 7.99. The molecule has 2 aromatic carbocycles. The summed E-state index contributed by atoms with van der Waals surface area (Å²) >= 11 is 0. The van der Waals surface area contributed by atoms with Gasteiger partial charge in [-0.3, -0.25) is 19.2 Å². The van der Waals surface area contributed by atoms with Crippen molar-refractivity contribution in [2.24, 2.45) is 0 Å². The van der Waals surface area contributed by atoms with Gasteiger partial charge in [-0.05, 0) is 50.2 Å². The highest BCUT2D eigenvalue weighted by Crippen LogP contribution is 2.55. The highest BCUT2D eigenvalue weighted by atomic mass is 32.2. The molecule has 2 rings (SSSR count). The second-order valence-corrected chi connectivity index (χ2v) is 17.8. The molecule has 0 saturated carbocycles. The number of nitrogens with zero attached hydrogens (tertiary/aromatic N) is 1. The second-order valence-electron chi connectivity index (χ2n) is 7.42. The third-order valence-corrected chi connectivity index (χ3v) is 16.1. The first-order chi connectivity index (χ1) is 17.5. The van der Waals surface area contributed by atoms with Gasteiger partial charge in [-0.25, -0.2) is 16.8 Å². The zero-order valence-corrected chi connectivity index (χ0v) is 24.8. The zero-order chi connectivity index (χ0) is 29.5. The van der Waals surface area contributed by atoms with Gasteiger partial charge in [-0.15, -0.1) is 0 Å². The van der Waals surface area contributed by atoms with Gasteiger partial charge in [0.15, 0.2) is 29.7 Å². The van der Waals surface area contributed by atoms with E-state index in [1.165, 1.54) is 38.1 Å². The van der Waals surface area contributed by atoms with Crippen molar-refractivity contribution in [3.63, 3.8) is 0 Å². The van der Waals surface area contributed by atoms with E-state index in [0.29, 0.717) is 5.69 Å². The first-order valence-electron chi connectivity index (χ1n) is 10.5. The van der Waals surface area contributed by atoms with Gasteiger partial charge in [-0.1, -0.05) is 0 Å². The molecule has 2 aromatic rings. The molecule has 0 heterocycles. The molecule has 18 heteroatoms. The lowest BCUT2D eigenvalue weighted by molar-refractivity contribution is -0.384. The highest BCUT2D eigenvalue weighted by Gasteiger charge is 2.42. The first-order valence-corrected chi connectivity index (χ1v) is 16.8. The quantitative estimate of drug-likeness (QED) is 0.164. The topological polar surface area (TPSA) is 208 Å². The number of nitro groups is 1. The number of nitro benzene ring substituents is 1. The SMILES string of the molecule is COP(=O)(OC)C(C)S(=O)(=O)c1ccc(N)cc1.COP(=O)(OC)C(C)S(=O)(=O)c1ccc([N+](=O)[O-])cc1. The Morgan fingerprint density at radius 3 is 1.26 bits per heavy atom. The van der Waals surface area contributed by atoms with Crippen molar-refractivity contribution in [3.05, 3.63) is 58.6 Å². The number of anilines is 1. The summed E-state index contributed by atoms with van der Waals surface area (Å²) in [4.78, 5) is 7.00. The van der Waals surface area contributed by atoms with Crippen molar-refractivity contribution in [2.45, 2.75) is 33.6 Å². The number of non-ortho nitro benzene ring substituents is 1. The smallest absolute Gasteiger partial charge is 0.348 e. The molecule has 14 nitrogen and oxygen atoms in total. The van der Waals surface area contributed by atoms with E-state index in [-0.39, 0.29) is 15.5 Å². The van der Waals surface area contributed by atoms with Crippen LogP contribution >= 0.6 is 15.2 Å². The van der Waals surface area contributed by atoms with Crippen LogP contribution in [-0.4, -0.2) is 60.2 Å². The molecule has 2 N–H and O–H groups in total. The van der Waals surface area contributed by atoms with Crippen LogP contribution in [-0.2, 0) is 46.9 Å². The number of nitrogen functional groups attached to an aromatic ring is 1. The van der Waals surface area contributed by atoms with Crippen LogP contribution in [0.1, 0.15) is 13.8 Å². The fraction of sp³-hybridized carbons (Fsp3) is 0.400. The van der Waals surface area contributed by atoms with Crippen LogP contribution < -0.4 is 5.73 Å². The average Bonchev–Trinajstić information content (AvgIpc) is 2.91. The van der Waals surface area contributed by atoms with Gasteiger partial charge in [0.2, 0.25) is 0 Å². The fourth-order valence-corrected chi connectivity index (χ4v) is 10.7. The molecule has 0 saturated heterocycles. The third kappa shape index (κ3) is 7.48. The minimum atomic E-state index is -4.00. The van der Waals surface area contributed by atoms with Crippen LogP contribution in [0.2, 0.25) is 0 Å². The second kappa shape index (κ2) is 13.3. The van der Waals surface area contributed by atoms with E-state index in [2.05, 4.69) is 9.05 Å².